The molecule has 0 aliphatic carbocycles. The molecule has 4 rings (SSSR count). The fourth-order valence-electron chi connectivity index (χ4n) is 3.53. The molecule has 0 saturated carbocycles. The maximum absolute atomic E-state index is 13.0. The van der Waals surface area contributed by atoms with Gasteiger partial charge >= 0.3 is 5.63 Å². The molecule has 0 radical (unpaired) electrons. The second kappa shape index (κ2) is 5.84. The third-order valence-electron chi connectivity index (χ3n) is 5.09. The molecule has 0 N–H and O–H groups in total. The van der Waals surface area contributed by atoms with Crippen LogP contribution in [-0.2, 0) is 6.42 Å². The fraction of sp³-hybridized carbons (Fsp3) is 0.364. The first-order chi connectivity index (χ1) is 12.7. The number of hydrogen-bond donors (Lipinski definition) is 0. The molecule has 3 heterocycles. The van der Waals surface area contributed by atoms with E-state index < -0.39 is 11.2 Å². The van der Waals surface area contributed by atoms with Gasteiger partial charge in [-0.15, -0.1) is 0 Å². The normalized spacial score (nSPS) is 15.1. The summed E-state index contributed by atoms with van der Waals surface area (Å²) in [5.74, 6) is 1.12. The molecule has 0 amide bonds. The summed E-state index contributed by atoms with van der Waals surface area (Å²) in [4.78, 5) is 25.5. The zero-order valence-corrected chi connectivity index (χ0v) is 16.2. The van der Waals surface area contributed by atoms with Crippen LogP contribution in [0.1, 0.15) is 49.6 Å². The Bertz CT molecular complexity index is 1240. The van der Waals surface area contributed by atoms with Crippen molar-refractivity contribution >= 4 is 28.0 Å². The standard InChI is InChI=1S/C22H22O5/c1-6-7-13-10-15-18-14(8-9-22(4,5)27-18)19-16(20(15)26-21(13)24)17(23)11(2)12(3)25-19/h8-10H,6-7H2,1-5H3. The van der Waals surface area contributed by atoms with Crippen molar-refractivity contribution in [3.8, 4) is 5.75 Å². The highest BCUT2D eigenvalue weighted by Gasteiger charge is 2.29. The summed E-state index contributed by atoms with van der Waals surface area (Å²) in [5, 5.41) is 0.925. The number of aryl methyl sites for hydroxylation is 2. The van der Waals surface area contributed by atoms with Crippen molar-refractivity contribution in [2.75, 3.05) is 0 Å². The molecule has 1 aromatic carbocycles. The number of hydrogen-bond acceptors (Lipinski definition) is 5. The number of fused-ring (bicyclic) bond motifs is 6. The molecule has 0 bridgehead atoms. The number of ether oxygens (including phenoxy) is 1. The monoisotopic (exact) mass is 366 g/mol. The van der Waals surface area contributed by atoms with Crippen LogP contribution in [0.4, 0.5) is 0 Å². The average Bonchev–Trinajstić information content (AvgIpc) is 2.60. The van der Waals surface area contributed by atoms with Gasteiger partial charge in [-0.3, -0.25) is 4.79 Å². The summed E-state index contributed by atoms with van der Waals surface area (Å²) < 4.78 is 17.8. The van der Waals surface area contributed by atoms with Gasteiger partial charge in [0, 0.05) is 11.1 Å². The molecule has 2 aromatic heterocycles. The summed E-state index contributed by atoms with van der Waals surface area (Å²) in [7, 11) is 0. The lowest BCUT2D eigenvalue weighted by Gasteiger charge is -2.29. The molecule has 1 aliphatic heterocycles. The first-order valence-electron chi connectivity index (χ1n) is 9.18. The molecule has 27 heavy (non-hydrogen) atoms. The first-order valence-corrected chi connectivity index (χ1v) is 9.18. The van der Waals surface area contributed by atoms with Crippen LogP contribution in [0.5, 0.6) is 5.75 Å². The minimum absolute atomic E-state index is 0.189. The topological polar surface area (TPSA) is 69.7 Å². The maximum Gasteiger partial charge on any atom is 0.339 e. The summed E-state index contributed by atoms with van der Waals surface area (Å²) in [6.07, 6.45) is 5.27. The smallest absolute Gasteiger partial charge is 0.339 e. The molecular formula is C22H22O5. The van der Waals surface area contributed by atoms with Gasteiger partial charge in [-0.25, -0.2) is 4.79 Å². The second-order valence-corrected chi connectivity index (χ2v) is 7.65. The zero-order valence-electron chi connectivity index (χ0n) is 16.2. The van der Waals surface area contributed by atoms with E-state index in [1.807, 2.05) is 32.9 Å². The molecule has 0 fully saturated rings. The highest BCUT2D eigenvalue weighted by Crippen LogP contribution is 2.42. The Morgan fingerprint density at radius 3 is 2.52 bits per heavy atom. The Labute approximate surface area is 156 Å². The molecule has 0 spiro atoms. The van der Waals surface area contributed by atoms with E-state index in [2.05, 4.69) is 0 Å². The van der Waals surface area contributed by atoms with Gasteiger partial charge in [-0.2, -0.15) is 0 Å². The van der Waals surface area contributed by atoms with Crippen LogP contribution in [0.25, 0.3) is 28.0 Å². The van der Waals surface area contributed by atoms with E-state index in [1.54, 1.807) is 19.9 Å². The van der Waals surface area contributed by atoms with Crippen molar-refractivity contribution < 1.29 is 13.6 Å². The predicted octanol–water partition coefficient (Wildman–Crippen LogP) is 4.65. The van der Waals surface area contributed by atoms with Crippen molar-refractivity contribution in [2.45, 2.75) is 53.1 Å². The minimum atomic E-state index is -0.519. The van der Waals surface area contributed by atoms with E-state index in [9.17, 15) is 9.59 Å². The van der Waals surface area contributed by atoms with Crippen LogP contribution in [0, 0.1) is 13.8 Å². The van der Waals surface area contributed by atoms with Crippen LogP contribution < -0.4 is 15.8 Å². The summed E-state index contributed by atoms with van der Waals surface area (Å²) >= 11 is 0. The molecule has 3 aromatic rings. The van der Waals surface area contributed by atoms with Crippen molar-refractivity contribution in [1.29, 1.82) is 0 Å². The third kappa shape index (κ3) is 2.60. The fourth-order valence-corrected chi connectivity index (χ4v) is 3.53. The van der Waals surface area contributed by atoms with Crippen LogP contribution in [0.3, 0.4) is 0 Å². The summed E-state index contributed by atoms with van der Waals surface area (Å²) in [6.45, 7) is 9.37. The molecule has 5 heteroatoms. The van der Waals surface area contributed by atoms with Gasteiger partial charge in [0.2, 0.25) is 0 Å². The Hall–Kier alpha value is -2.82. The van der Waals surface area contributed by atoms with Crippen LogP contribution in [-0.4, -0.2) is 5.60 Å². The van der Waals surface area contributed by atoms with Gasteiger partial charge in [0.25, 0.3) is 0 Å². The van der Waals surface area contributed by atoms with Crippen molar-refractivity contribution in [3.63, 3.8) is 0 Å². The Balaban J connectivity index is 2.28. The van der Waals surface area contributed by atoms with Gasteiger partial charge in [0.15, 0.2) is 16.6 Å². The highest BCUT2D eigenvalue weighted by atomic mass is 16.5. The van der Waals surface area contributed by atoms with E-state index in [1.165, 1.54) is 0 Å². The molecular weight excluding hydrogens is 344 g/mol. The predicted molar refractivity (Wildman–Crippen MR) is 106 cm³/mol. The molecule has 0 atom stereocenters. The SMILES string of the molecule is CCCc1cc2c3c(c4oc(C)c(C)c(=O)c4c2oc1=O)C=CC(C)(C)O3. The first kappa shape index (κ1) is 17.6. The molecule has 5 nitrogen and oxygen atoms in total. The van der Waals surface area contributed by atoms with Gasteiger partial charge in [-0.1, -0.05) is 13.3 Å². The van der Waals surface area contributed by atoms with Crippen molar-refractivity contribution in [3.05, 3.63) is 55.2 Å². The maximum atomic E-state index is 13.0. The molecule has 140 valence electrons. The lowest BCUT2D eigenvalue weighted by molar-refractivity contribution is 0.161. The van der Waals surface area contributed by atoms with Gasteiger partial charge < -0.3 is 13.6 Å². The van der Waals surface area contributed by atoms with E-state index in [4.69, 9.17) is 13.6 Å². The minimum Gasteiger partial charge on any atom is -0.482 e. The number of benzene rings is 1. The van der Waals surface area contributed by atoms with E-state index in [-0.39, 0.29) is 11.0 Å². The van der Waals surface area contributed by atoms with E-state index in [0.29, 0.717) is 51.0 Å². The largest absolute Gasteiger partial charge is 0.482 e. The molecule has 0 saturated heterocycles. The quantitative estimate of drug-likeness (QED) is 0.488. The van der Waals surface area contributed by atoms with E-state index in [0.717, 1.165) is 6.42 Å². The van der Waals surface area contributed by atoms with Gasteiger partial charge in [0.1, 0.15) is 22.5 Å². The average molecular weight is 366 g/mol. The zero-order chi connectivity index (χ0) is 19.5. The number of rotatable bonds is 2. The highest BCUT2D eigenvalue weighted by molar-refractivity contribution is 6.10. The van der Waals surface area contributed by atoms with Crippen LogP contribution >= 0.6 is 0 Å². The Morgan fingerprint density at radius 2 is 1.81 bits per heavy atom. The molecule has 0 unspecified atom stereocenters. The third-order valence-corrected chi connectivity index (χ3v) is 5.09. The Morgan fingerprint density at radius 1 is 1.07 bits per heavy atom. The van der Waals surface area contributed by atoms with Crippen molar-refractivity contribution in [1.82, 2.24) is 0 Å². The van der Waals surface area contributed by atoms with Crippen LogP contribution in [0.2, 0.25) is 0 Å². The Kier molecular flexibility index (Phi) is 3.81. The van der Waals surface area contributed by atoms with Crippen molar-refractivity contribution in [2.24, 2.45) is 0 Å². The van der Waals surface area contributed by atoms with E-state index >= 15 is 0 Å². The molecule has 1 aliphatic rings. The lowest BCUT2D eigenvalue weighted by atomic mass is 9.96. The summed E-state index contributed by atoms with van der Waals surface area (Å²) in [5.41, 5.74) is 1.28. The van der Waals surface area contributed by atoms with Gasteiger partial charge in [-0.05, 0) is 52.3 Å². The van der Waals surface area contributed by atoms with Crippen LogP contribution in [0.15, 0.2) is 30.6 Å². The van der Waals surface area contributed by atoms with Gasteiger partial charge in [0.05, 0.1) is 10.9 Å². The summed E-state index contributed by atoms with van der Waals surface area (Å²) in [6, 6.07) is 1.80. The second-order valence-electron chi connectivity index (χ2n) is 7.65. The lowest BCUT2D eigenvalue weighted by Crippen LogP contribution is -2.28.